The molecule has 0 fully saturated rings. The Morgan fingerprint density at radius 2 is 2.10 bits per heavy atom. The molecule has 2 N–H and O–H groups in total. The Labute approximate surface area is 129 Å². The average molecular weight is 391 g/mol. The second-order valence-corrected chi connectivity index (χ2v) is 5.32. The molecule has 1 rings (SSSR count). The molecule has 0 aliphatic carbocycles. The molecule has 0 heterocycles. The number of rotatable bonds is 6. The Hall–Kier alpha value is -1.64. The number of hydrogen-bond donors (Lipinski definition) is 2. The van der Waals surface area contributed by atoms with Gasteiger partial charge in [-0.1, -0.05) is 12.1 Å². The predicted molar refractivity (Wildman–Crippen MR) is 79.1 cm³/mol. The molecular weight excluding hydrogens is 377 g/mol. The number of esters is 1. The minimum Gasteiger partial charge on any atom is -0.480 e. The van der Waals surface area contributed by atoms with Gasteiger partial charge in [-0.05, 0) is 40.3 Å². The van der Waals surface area contributed by atoms with E-state index in [4.69, 9.17) is 5.11 Å². The summed E-state index contributed by atoms with van der Waals surface area (Å²) in [6, 6.07) is 6.28. The van der Waals surface area contributed by atoms with Crippen LogP contribution < -0.4 is 5.32 Å². The maximum atomic E-state index is 11.5. The number of amides is 1. The molecule has 0 aliphatic heterocycles. The summed E-state index contributed by atoms with van der Waals surface area (Å²) in [5, 5.41) is 11.4. The van der Waals surface area contributed by atoms with E-state index in [0.29, 0.717) is 0 Å². The molecule has 0 aliphatic rings. The Morgan fingerprint density at radius 1 is 1.40 bits per heavy atom. The summed E-state index contributed by atoms with van der Waals surface area (Å²) in [5.74, 6) is -2.37. The van der Waals surface area contributed by atoms with Gasteiger partial charge >= 0.3 is 11.9 Å². The molecule has 1 aromatic rings. The van der Waals surface area contributed by atoms with E-state index in [1.165, 1.54) is 6.92 Å². The molecule has 6 nitrogen and oxygen atoms in total. The highest BCUT2D eigenvalue weighted by atomic mass is 127. The Kier molecular flexibility index (Phi) is 6.43. The van der Waals surface area contributed by atoms with Crippen LogP contribution in [0.25, 0.3) is 0 Å². The van der Waals surface area contributed by atoms with Crippen LogP contribution in [0.1, 0.15) is 12.5 Å². The number of ether oxygens (including phenoxy) is 1. The number of benzene rings is 1. The molecule has 0 saturated carbocycles. The number of aliphatic carboxylic acids is 1. The van der Waals surface area contributed by atoms with Crippen molar-refractivity contribution in [2.75, 3.05) is 6.61 Å². The molecule has 1 atom stereocenters. The topological polar surface area (TPSA) is 92.7 Å². The third-order valence-electron chi connectivity index (χ3n) is 2.37. The fourth-order valence-electron chi connectivity index (χ4n) is 1.50. The Balaban J connectivity index is 2.63. The fraction of sp³-hybridized carbons (Fsp3) is 0.308. The lowest BCUT2D eigenvalue weighted by Crippen LogP contribution is -2.44. The summed E-state index contributed by atoms with van der Waals surface area (Å²) < 4.78 is 5.49. The van der Waals surface area contributed by atoms with Gasteiger partial charge in [0.25, 0.3) is 5.91 Å². The number of hydrogen-bond acceptors (Lipinski definition) is 4. The van der Waals surface area contributed by atoms with Crippen molar-refractivity contribution in [1.82, 2.24) is 5.32 Å². The third-order valence-corrected chi connectivity index (χ3v) is 3.04. The van der Waals surface area contributed by atoms with E-state index < -0.39 is 30.5 Å². The zero-order valence-electron chi connectivity index (χ0n) is 10.8. The summed E-state index contributed by atoms with van der Waals surface area (Å²) in [6.45, 7) is 0.694. The monoisotopic (exact) mass is 391 g/mol. The molecule has 0 radical (unpaired) electrons. The van der Waals surface area contributed by atoms with Crippen LogP contribution in [-0.4, -0.2) is 35.6 Å². The standard InChI is InChI=1S/C13H14INO5/c1-8(16)20-7-12(17)15-11(13(18)19)6-9-3-2-4-10(14)5-9/h2-5,11H,6-7H2,1H3,(H,15,17)(H,18,19)/t11-/m0/s1. The van der Waals surface area contributed by atoms with Crippen LogP contribution >= 0.6 is 22.6 Å². The summed E-state index contributed by atoms with van der Waals surface area (Å²) >= 11 is 2.12. The SMILES string of the molecule is CC(=O)OCC(=O)N[C@@H](Cc1cccc(I)c1)C(=O)O. The van der Waals surface area contributed by atoms with Crippen molar-refractivity contribution in [3.63, 3.8) is 0 Å². The van der Waals surface area contributed by atoms with Crippen LogP contribution in [-0.2, 0) is 25.5 Å². The van der Waals surface area contributed by atoms with Gasteiger partial charge in [0.05, 0.1) is 0 Å². The van der Waals surface area contributed by atoms with Gasteiger partial charge in [0.1, 0.15) is 6.04 Å². The predicted octanol–water partition coefficient (Wildman–Crippen LogP) is 0.966. The quantitative estimate of drug-likeness (QED) is 0.557. The number of nitrogens with one attached hydrogen (secondary N) is 1. The maximum absolute atomic E-state index is 11.5. The van der Waals surface area contributed by atoms with Crippen molar-refractivity contribution >= 4 is 40.4 Å². The zero-order chi connectivity index (χ0) is 15.1. The molecule has 0 saturated heterocycles. The molecule has 20 heavy (non-hydrogen) atoms. The molecule has 1 amide bonds. The van der Waals surface area contributed by atoms with Gasteiger partial charge in [0.2, 0.25) is 0 Å². The van der Waals surface area contributed by atoms with E-state index >= 15 is 0 Å². The number of carboxylic acid groups (broad SMARTS) is 1. The molecular formula is C13H14INO5. The molecule has 0 spiro atoms. The largest absolute Gasteiger partial charge is 0.480 e. The van der Waals surface area contributed by atoms with E-state index in [9.17, 15) is 14.4 Å². The minimum atomic E-state index is -1.14. The Bertz CT molecular complexity index is 517. The van der Waals surface area contributed by atoms with Gasteiger partial charge in [-0.25, -0.2) is 4.79 Å². The second kappa shape index (κ2) is 7.83. The van der Waals surface area contributed by atoms with Crippen molar-refractivity contribution in [1.29, 1.82) is 0 Å². The zero-order valence-corrected chi connectivity index (χ0v) is 12.9. The number of carbonyl (C=O) groups is 3. The maximum Gasteiger partial charge on any atom is 0.326 e. The van der Waals surface area contributed by atoms with Crippen LogP contribution in [0.4, 0.5) is 0 Å². The van der Waals surface area contributed by atoms with Crippen LogP contribution in [0.5, 0.6) is 0 Å². The van der Waals surface area contributed by atoms with E-state index in [-0.39, 0.29) is 6.42 Å². The number of carbonyl (C=O) groups excluding carboxylic acids is 2. The third kappa shape index (κ3) is 6.00. The molecule has 1 aromatic carbocycles. The number of halogens is 1. The normalized spacial score (nSPS) is 11.5. The van der Waals surface area contributed by atoms with Gasteiger partial charge in [-0.3, -0.25) is 9.59 Å². The van der Waals surface area contributed by atoms with Crippen molar-refractivity contribution in [3.8, 4) is 0 Å². The van der Waals surface area contributed by atoms with E-state index in [2.05, 4.69) is 32.6 Å². The van der Waals surface area contributed by atoms with Gasteiger partial charge in [-0.15, -0.1) is 0 Å². The van der Waals surface area contributed by atoms with Gasteiger partial charge in [-0.2, -0.15) is 0 Å². The highest BCUT2D eigenvalue weighted by molar-refractivity contribution is 14.1. The summed E-state index contributed by atoms with van der Waals surface area (Å²) in [5.41, 5.74) is 0.803. The average Bonchev–Trinajstić information content (AvgIpc) is 2.35. The first-order valence-electron chi connectivity index (χ1n) is 5.78. The van der Waals surface area contributed by atoms with Crippen molar-refractivity contribution in [2.24, 2.45) is 0 Å². The molecule has 0 bridgehead atoms. The van der Waals surface area contributed by atoms with E-state index in [0.717, 1.165) is 9.13 Å². The molecule has 0 unspecified atom stereocenters. The van der Waals surface area contributed by atoms with Crippen molar-refractivity contribution in [3.05, 3.63) is 33.4 Å². The van der Waals surface area contributed by atoms with Crippen LogP contribution in [0, 0.1) is 3.57 Å². The molecule has 0 aromatic heterocycles. The van der Waals surface area contributed by atoms with Gasteiger partial charge in [0, 0.05) is 16.9 Å². The lowest BCUT2D eigenvalue weighted by molar-refractivity contribution is -0.148. The highest BCUT2D eigenvalue weighted by Crippen LogP contribution is 2.10. The summed E-state index contributed by atoms with van der Waals surface area (Å²) in [7, 11) is 0. The lowest BCUT2D eigenvalue weighted by atomic mass is 10.1. The lowest BCUT2D eigenvalue weighted by Gasteiger charge is -2.14. The second-order valence-electron chi connectivity index (χ2n) is 4.07. The summed E-state index contributed by atoms with van der Waals surface area (Å²) in [4.78, 5) is 33.2. The van der Waals surface area contributed by atoms with Gasteiger partial charge in [0.15, 0.2) is 6.61 Å². The number of carboxylic acids is 1. The van der Waals surface area contributed by atoms with Crippen LogP contribution in [0.3, 0.4) is 0 Å². The van der Waals surface area contributed by atoms with E-state index in [1.807, 2.05) is 18.2 Å². The molecule has 108 valence electrons. The highest BCUT2D eigenvalue weighted by Gasteiger charge is 2.20. The van der Waals surface area contributed by atoms with Crippen LogP contribution in [0.15, 0.2) is 24.3 Å². The smallest absolute Gasteiger partial charge is 0.326 e. The van der Waals surface area contributed by atoms with Crippen molar-refractivity contribution < 1.29 is 24.2 Å². The first-order chi connectivity index (χ1) is 9.38. The van der Waals surface area contributed by atoms with Crippen LogP contribution in [0.2, 0.25) is 0 Å². The minimum absolute atomic E-state index is 0.165. The first-order valence-corrected chi connectivity index (χ1v) is 6.86. The fourth-order valence-corrected chi connectivity index (χ4v) is 2.11. The van der Waals surface area contributed by atoms with Gasteiger partial charge < -0.3 is 15.2 Å². The Morgan fingerprint density at radius 3 is 2.65 bits per heavy atom. The first kappa shape index (κ1) is 16.4. The molecule has 7 heteroatoms. The van der Waals surface area contributed by atoms with E-state index in [1.54, 1.807) is 6.07 Å². The van der Waals surface area contributed by atoms with Crippen molar-refractivity contribution in [2.45, 2.75) is 19.4 Å². The summed E-state index contributed by atoms with van der Waals surface area (Å²) in [6.07, 6.45) is 0.165.